The van der Waals surface area contributed by atoms with Gasteiger partial charge >= 0.3 is 0 Å². The second kappa shape index (κ2) is 7.04. The molecule has 2 aliphatic rings. The number of fused-ring (bicyclic) bond motifs is 1. The van der Waals surface area contributed by atoms with Crippen LogP contribution >= 0.6 is 23.1 Å². The predicted molar refractivity (Wildman–Crippen MR) is 116 cm³/mol. The van der Waals surface area contributed by atoms with E-state index in [0.29, 0.717) is 6.04 Å². The highest BCUT2D eigenvalue weighted by Crippen LogP contribution is 2.49. The maximum Gasteiger partial charge on any atom is 0.193 e. The molecular formula is C21H23N5S2. The lowest BCUT2D eigenvalue weighted by Gasteiger charge is -2.31. The number of amidine groups is 1. The summed E-state index contributed by atoms with van der Waals surface area (Å²) in [6.07, 6.45) is 4.87. The Bertz CT molecular complexity index is 1010. The summed E-state index contributed by atoms with van der Waals surface area (Å²) >= 11 is 3.56. The average molecular weight is 410 g/mol. The molecule has 0 bridgehead atoms. The molecule has 0 saturated carbocycles. The summed E-state index contributed by atoms with van der Waals surface area (Å²) in [7, 11) is 0. The molecule has 3 atom stereocenters. The van der Waals surface area contributed by atoms with Crippen molar-refractivity contribution in [1.29, 1.82) is 0 Å². The fourth-order valence-electron chi connectivity index (χ4n) is 4.39. The monoisotopic (exact) mass is 409 g/mol. The van der Waals surface area contributed by atoms with E-state index in [0.717, 1.165) is 23.0 Å². The van der Waals surface area contributed by atoms with Crippen LogP contribution in [0.5, 0.6) is 0 Å². The first-order valence-corrected chi connectivity index (χ1v) is 11.5. The van der Waals surface area contributed by atoms with Crippen LogP contribution < -0.4 is 0 Å². The van der Waals surface area contributed by atoms with Crippen molar-refractivity contribution in [2.45, 2.75) is 45.3 Å². The molecule has 3 aromatic heterocycles. The third-order valence-corrected chi connectivity index (χ3v) is 7.61. The Hall–Kier alpha value is -2.12. The van der Waals surface area contributed by atoms with Crippen molar-refractivity contribution in [3.8, 4) is 5.13 Å². The first-order chi connectivity index (χ1) is 13.7. The van der Waals surface area contributed by atoms with Crippen LogP contribution in [0.15, 0.2) is 47.0 Å². The second-order valence-corrected chi connectivity index (χ2v) is 9.17. The molecule has 0 spiro atoms. The topological polar surface area (TPSA) is 46.3 Å². The lowest BCUT2D eigenvalue weighted by atomic mass is 9.95. The zero-order chi connectivity index (χ0) is 19.3. The molecule has 0 amide bonds. The van der Waals surface area contributed by atoms with Gasteiger partial charge in [-0.25, -0.2) is 4.98 Å². The van der Waals surface area contributed by atoms with Gasteiger partial charge in [0.05, 0.1) is 11.7 Å². The normalized spacial score (nSPS) is 23.9. The Morgan fingerprint density at radius 3 is 2.79 bits per heavy atom. The van der Waals surface area contributed by atoms with E-state index in [9.17, 15) is 0 Å². The first-order valence-electron chi connectivity index (χ1n) is 9.67. The van der Waals surface area contributed by atoms with Gasteiger partial charge in [0.15, 0.2) is 10.3 Å². The van der Waals surface area contributed by atoms with Crippen LogP contribution in [0.4, 0.5) is 0 Å². The van der Waals surface area contributed by atoms with Crippen molar-refractivity contribution in [3.63, 3.8) is 0 Å². The van der Waals surface area contributed by atoms with Gasteiger partial charge in [-0.15, -0.1) is 11.3 Å². The molecule has 0 unspecified atom stereocenters. The van der Waals surface area contributed by atoms with Gasteiger partial charge in [-0.1, -0.05) is 24.8 Å². The van der Waals surface area contributed by atoms with Crippen LogP contribution in [-0.2, 0) is 0 Å². The number of aryl methyl sites for hydroxylation is 1. The van der Waals surface area contributed by atoms with E-state index < -0.39 is 0 Å². The lowest BCUT2D eigenvalue weighted by Crippen LogP contribution is -2.35. The summed E-state index contributed by atoms with van der Waals surface area (Å²) in [6, 6.07) is 9.20. The number of hydrogen-bond donors (Lipinski definition) is 0. The third-order valence-electron chi connectivity index (χ3n) is 5.73. The highest BCUT2D eigenvalue weighted by atomic mass is 32.2. The molecule has 0 aromatic carbocycles. The Morgan fingerprint density at radius 2 is 2.07 bits per heavy atom. The zero-order valence-electron chi connectivity index (χ0n) is 16.2. The van der Waals surface area contributed by atoms with Crippen LogP contribution in [0, 0.1) is 13.8 Å². The Labute approximate surface area is 173 Å². The largest absolute Gasteiger partial charge is 0.338 e. The minimum atomic E-state index is 0.0308. The summed E-state index contributed by atoms with van der Waals surface area (Å²) < 4.78 is 2.28. The minimum absolute atomic E-state index is 0.0308. The van der Waals surface area contributed by atoms with Gasteiger partial charge < -0.3 is 4.90 Å². The van der Waals surface area contributed by atoms with Crippen molar-refractivity contribution in [2.24, 2.45) is 4.99 Å². The summed E-state index contributed by atoms with van der Waals surface area (Å²) in [5.74, 6) is 1.12. The van der Waals surface area contributed by atoms with E-state index in [4.69, 9.17) is 4.99 Å². The Kier molecular flexibility index (Phi) is 4.51. The summed E-state index contributed by atoms with van der Waals surface area (Å²) in [5, 5.41) is 4.23. The summed E-state index contributed by atoms with van der Waals surface area (Å²) in [6.45, 7) is 6.65. The Balaban J connectivity index is 1.65. The van der Waals surface area contributed by atoms with Gasteiger partial charge in [0.25, 0.3) is 0 Å². The zero-order valence-corrected chi connectivity index (χ0v) is 17.9. The molecule has 5 heterocycles. The minimum Gasteiger partial charge on any atom is -0.338 e. The molecule has 28 heavy (non-hydrogen) atoms. The number of rotatable bonds is 4. The SMILES string of the molecule is CC[C@@H]1CSC2=N[C@H](c3ccccn3)[C@@H](c3cc(C)n(-c4nccs4)c3C)N21. The van der Waals surface area contributed by atoms with Gasteiger partial charge in [-0.2, -0.15) is 0 Å². The number of hydrogen-bond acceptors (Lipinski definition) is 6. The summed E-state index contributed by atoms with van der Waals surface area (Å²) in [4.78, 5) is 16.9. The molecule has 5 nitrogen and oxygen atoms in total. The van der Waals surface area contributed by atoms with Gasteiger partial charge in [0, 0.05) is 41.0 Å². The number of nitrogens with zero attached hydrogens (tertiary/aromatic N) is 5. The first kappa shape index (κ1) is 17.9. The van der Waals surface area contributed by atoms with Crippen LogP contribution in [0.2, 0.25) is 0 Å². The second-order valence-electron chi connectivity index (χ2n) is 7.31. The molecule has 3 aromatic rings. The van der Waals surface area contributed by atoms with Gasteiger partial charge in [0.2, 0.25) is 0 Å². The average Bonchev–Trinajstić information content (AvgIpc) is 3.47. The third kappa shape index (κ3) is 2.71. The van der Waals surface area contributed by atoms with Crippen LogP contribution in [0.25, 0.3) is 5.13 Å². The van der Waals surface area contributed by atoms with E-state index in [2.05, 4.69) is 58.4 Å². The van der Waals surface area contributed by atoms with E-state index in [1.807, 2.05) is 35.6 Å². The standard InChI is InChI=1S/C21H23N5S2/c1-4-15-12-28-21-24-18(17-7-5-6-8-22-17)19(26(15)21)16-11-13(2)25(14(16)3)20-23-9-10-27-20/h5-11,15,18-19H,4,12H2,1-3H3/t15-,18-,19-/m1/s1. The number of pyridine rings is 1. The molecular weight excluding hydrogens is 386 g/mol. The van der Waals surface area contributed by atoms with Gasteiger partial charge in [-0.05, 0) is 44.0 Å². The molecule has 0 radical (unpaired) electrons. The predicted octanol–water partition coefficient (Wildman–Crippen LogP) is 4.93. The molecule has 5 rings (SSSR count). The maximum atomic E-state index is 5.14. The molecule has 1 fully saturated rings. The smallest absolute Gasteiger partial charge is 0.193 e. The van der Waals surface area contributed by atoms with Crippen molar-refractivity contribution in [1.82, 2.24) is 19.4 Å². The van der Waals surface area contributed by atoms with Crippen molar-refractivity contribution < 1.29 is 0 Å². The molecule has 0 aliphatic carbocycles. The van der Waals surface area contributed by atoms with Crippen molar-refractivity contribution in [3.05, 3.63) is 64.7 Å². The molecule has 0 N–H and O–H groups in total. The Morgan fingerprint density at radius 1 is 1.18 bits per heavy atom. The van der Waals surface area contributed by atoms with Crippen LogP contribution in [0.1, 0.15) is 48.1 Å². The molecule has 7 heteroatoms. The summed E-state index contributed by atoms with van der Waals surface area (Å²) in [5.41, 5.74) is 4.85. The quantitative estimate of drug-likeness (QED) is 0.613. The lowest BCUT2D eigenvalue weighted by molar-refractivity contribution is 0.254. The van der Waals surface area contributed by atoms with Crippen LogP contribution in [-0.4, -0.2) is 36.4 Å². The highest BCUT2D eigenvalue weighted by Gasteiger charge is 2.46. The number of aromatic nitrogens is 3. The van der Waals surface area contributed by atoms with E-state index in [1.54, 1.807) is 11.3 Å². The number of thiazole rings is 1. The molecule has 2 aliphatic heterocycles. The fourth-order valence-corrected chi connectivity index (χ4v) is 6.48. The fraction of sp³-hybridized carbons (Fsp3) is 0.381. The van der Waals surface area contributed by atoms with Crippen LogP contribution in [0.3, 0.4) is 0 Å². The van der Waals surface area contributed by atoms with Crippen molar-refractivity contribution in [2.75, 3.05) is 5.75 Å². The van der Waals surface area contributed by atoms with E-state index >= 15 is 0 Å². The van der Waals surface area contributed by atoms with E-state index in [-0.39, 0.29) is 12.1 Å². The number of aliphatic imine (C=N–C) groups is 1. The van der Waals surface area contributed by atoms with Gasteiger partial charge in [-0.3, -0.25) is 14.5 Å². The highest BCUT2D eigenvalue weighted by molar-refractivity contribution is 8.14. The van der Waals surface area contributed by atoms with Crippen molar-refractivity contribution >= 4 is 28.3 Å². The number of thioether (sulfide) groups is 1. The van der Waals surface area contributed by atoms with E-state index in [1.165, 1.54) is 22.1 Å². The molecule has 1 saturated heterocycles. The molecule has 144 valence electrons. The maximum absolute atomic E-state index is 5.14. The van der Waals surface area contributed by atoms with Gasteiger partial charge in [0.1, 0.15) is 6.04 Å².